The summed E-state index contributed by atoms with van der Waals surface area (Å²) in [4.78, 5) is 12.3. The number of nitrogens with one attached hydrogen (secondary N) is 2. The van der Waals surface area contributed by atoms with Gasteiger partial charge in [-0.1, -0.05) is 38.1 Å². The minimum Gasteiger partial charge on any atom is -0.351 e. The summed E-state index contributed by atoms with van der Waals surface area (Å²) >= 11 is 5.29. The predicted molar refractivity (Wildman–Crippen MR) is 88.0 cm³/mol. The van der Waals surface area contributed by atoms with Gasteiger partial charge >= 0.3 is 0 Å². The smallest absolute Gasteiger partial charge is 0.171 e. The number of carbonyl (C=O) groups excluding carboxylic acids is 1. The molecule has 0 radical (unpaired) electrons. The molecule has 1 aromatic rings. The first-order chi connectivity index (χ1) is 10.1. The van der Waals surface area contributed by atoms with Crippen molar-refractivity contribution in [2.75, 3.05) is 0 Å². The lowest BCUT2D eigenvalue weighted by atomic mass is 9.85. The molecule has 3 nitrogen and oxygen atoms in total. The number of hydrogen-bond acceptors (Lipinski definition) is 2. The van der Waals surface area contributed by atoms with Crippen LogP contribution in [-0.4, -0.2) is 10.9 Å². The summed E-state index contributed by atoms with van der Waals surface area (Å²) in [5, 5.41) is 7.02. The van der Waals surface area contributed by atoms with Crippen LogP contribution in [0.5, 0.6) is 0 Å². The summed E-state index contributed by atoms with van der Waals surface area (Å²) in [6.07, 6.45) is 2.45. The monoisotopic (exact) mass is 300 g/mol. The van der Waals surface area contributed by atoms with Crippen LogP contribution in [0.15, 0.2) is 35.5 Å². The molecular weight excluding hydrogens is 280 g/mol. The van der Waals surface area contributed by atoms with E-state index in [1.165, 1.54) is 5.56 Å². The molecule has 1 aromatic carbocycles. The molecule has 4 heteroatoms. The molecule has 3 rings (SSSR count). The van der Waals surface area contributed by atoms with Crippen LogP contribution in [0.1, 0.15) is 56.2 Å². The molecule has 2 N–H and O–H groups in total. The minimum absolute atomic E-state index is 0.109. The highest BCUT2D eigenvalue weighted by Gasteiger charge is 2.32. The van der Waals surface area contributed by atoms with Gasteiger partial charge in [0.25, 0.3) is 0 Å². The van der Waals surface area contributed by atoms with Crippen LogP contribution < -0.4 is 10.6 Å². The maximum absolute atomic E-state index is 12.3. The molecule has 1 aliphatic carbocycles. The van der Waals surface area contributed by atoms with E-state index in [1.807, 2.05) is 0 Å². The van der Waals surface area contributed by atoms with E-state index < -0.39 is 0 Å². The van der Waals surface area contributed by atoms with E-state index in [4.69, 9.17) is 12.2 Å². The molecule has 0 amide bonds. The van der Waals surface area contributed by atoms with Crippen LogP contribution >= 0.6 is 12.2 Å². The van der Waals surface area contributed by atoms with Gasteiger partial charge in [0, 0.05) is 17.7 Å². The topological polar surface area (TPSA) is 41.1 Å². The summed E-state index contributed by atoms with van der Waals surface area (Å²) in [6.45, 7) is 4.36. The van der Waals surface area contributed by atoms with Gasteiger partial charge in [-0.15, -0.1) is 0 Å². The fourth-order valence-corrected chi connectivity index (χ4v) is 3.27. The number of thiocarbonyl (C=S) groups is 1. The quantitative estimate of drug-likeness (QED) is 0.822. The molecule has 1 atom stereocenters. The SMILES string of the molecule is CC(C)c1ccc([C@H]2NC(=S)NC3=C2C(=O)CCC3)cc1. The molecule has 0 fully saturated rings. The van der Waals surface area contributed by atoms with Crippen LogP contribution in [0.2, 0.25) is 0 Å². The fraction of sp³-hybridized carbons (Fsp3) is 0.412. The second kappa shape index (κ2) is 5.60. The molecule has 0 bridgehead atoms. The number of ketones is 1. The zero-order chi connectivity index (χ0) is 15.0. The van der Waals surface area contributed by atoms with Crippen LogP contribution in [0.3, 0.4) is 0 Å². The van der Waals surface area contributed by atoms with Gasteiger partial charge < -0.3 is 10.6 Å². The molecule has 2 aliphatic rings. The van der Waals surface area contributed by atoms with E-state index in [-0.39, 0.29) is 11.8 Å². The lowest BCUT2D eigenvalue weighted by molar-refractivity contribution is -0.116. The maximum Gasteiger partial charge on any atom is 0.171 e. The Morgan fingerprint density at radius 1 is 1.19 bits per heavy atom. The first-order valence-corrected chi connectivity index (χ1v) is 7.90. The summed E-state index contributed by atoms with van der Waals surface area (Å²) < 4.78 is 0. The first-order valence-electron chi connectivity index (χ1n) is 7.50. The van der Waals surface area contributed by atoms with Crippen LogP contribution in [0, 0.1) is 0 Å². The lowest BCUT2D eigenvalue weighted by Gasteiger charge is -2.33. The number of hydrogen-bond donors (Lipinski definition) is 2. The zero-order valence-corrected chi connectivity index (χ0v) is 13.2. The Kier molecular flexibility index (Phi) is 3.81. The van der Waals surface area contributed by atoms with Crippen LogP contribution in [0.25, 0.3) is 0 Å². The molecule has 1 aliphatic heterocycles. The van der Waals surface area contributed by atoms with E-state index >= 15 is 0 Å². The Balaban J connectivity index is 1.99. The average molecular weight is 300 g/mol. The number of Topliss-reactive ketones (excluding diaryl/α,β-unsaturated/α-hetero) is 1. The van der Waals surface area contributed by atoms with Crippen molar-refractivity contribution in [1.29, 1.82) is 0 Å². The Morgan fingerprint density at radius 2 is 1.90 bits per heavy atom. The van der Waals surface area contributed by atoms with Crippen LogP contribution in [0.4, 0.5) is 0 Å². The predicted octanol–water partition coefficient (Wildman–Crippen LogP) is 3.34. The molecule has 110 valence electrons. The van der Waals surface area contributed by atoms with Gasteiger partial charge in [-0.05, 0) is 42.1 Å². The molecule has 0 aromatic heterocycles. The normalized spacial score (nSPS) is 22.0. The van der Waals surface area contributed by atoms with Crippen molar-refractivity contribution in [2.45, 2.75) is 45.1 Å². The zero-order valence-electron chi connectivity index (χ0n) is 12.4. The largest absolute Gasteiger partial charge is 0.351 e. The third kappa shape index (κ3) is 2.72. The summed E-state index contributed by atoms with van der Waals surface area (Å²) in [7, 11) is 0. The van der Waals surface area contributed by atoms with Crippen molar-refractivity contribution in [3.63, 3.8) is 0 Å². The lowest BCUT2D eigenvalue weighted by Crippen LogP contribution is -2.46. The van der Waals surface area contributed by atoms with Gasteiger partial charge in [-0.25, -0.2) is 0 Å². The number of carbonyl (C=O) groups is 1. The van der Waals surface area contributed by atoms with E-state index in [9.17, 15) is 4.79 Å². The Hall–Kier alpha value is -1.68. The molecule has 0 spiro atoms. The summed E-state index contributed by atoms with van der Waals surface area (Å²) in [5.74, 6) is 0.740. The molecule has 0 saturated carbocycles. The van der Waals surface area contributed by atoms with Gasteiger partial charge in [0.05, 0.1) is 6.04 Å². The van der Waals surface area contributed by atoms with Gasteiger partial charge in [0.15, 0.2) is 10.9 Å². The van der Waals surface area contributed by atoms with Crippen molar-refractivity contribution in [2.24, 2.45) is 0 Å². The van der Waals surface area contributed by atoms with Gasteiger partial charge in [-0.3, -0.25) is 4.79 Å². The van der Waals surface area contributed by atoms with Gasteiger partial charge in [0.2, 0.25) is 0 Å². The fourth-order valence-electron chi connectivity index (χ4n) is 3.03. The molecular formula is C17H20N2OS. The van der Waals surface area contributed by atoms with Crippen molar-refractivity contribution in [3.05, 3.63) is 46.7 Å². The van der Waals surface area contributed by atoms with E-state index in [2.05, 4.69) is 48.7 Å². The molecule has 0 unspecified atom stereocenters. The highest BCUT2D eigenvalue weighted by molar-refractivity contribution is 7.80. The van der Waals surface area contributed by atoms with E-state index in [1.54, 1.807) is 0 Å². The third-order valence-corrected chi connectivity index (χ3v) is 4.44. The number of benzene rings is 1. The van der Waals surface area contributed by atoms with Gasteiger partial charge in [-0.2, -0.15) is 0 Å². The minimum atomic E-state index is -0.109. The Labute approximate surface area is 130 Å². The van der Waals surface area contributed by atoms with Crippen molar-refractivity contribution < 1.29 is 4.79 Å². The van der Waals surface area contributed by atoms with Crippen molar-refractivity contribution >= 4 is 23.1 Å². The molecule has 21 heavy (non-hydrogen) atoms. The van der Waals surface area contributed by atoms with Crippen molar-refractivity contribution in [3.8, 4) is 0 Å². The Morgan fingerprint density at radius 3 is 2.57 bits per heavy atom. The average Bonchev–Trinajstić information content (AvgIpc) is 2.46. The second-order valence-electron chi connectivity index (χ2n) is 6.02. The molecule has 0 saturated heterocycles. The van der Waals surface area contributed by atoms with E-state index in [0.29, 0.717) is 17.5 Å². The van der Waals surface area contributed by atoms with Gasteiger partial charge in [0.1, 0.15) is 0 Å². The number of allylic oxidation sites excluding steroid dienone is 1. The first kappa shape index (κ1) is 14.3. The third-order valence-electron chi connectivity index (χ3n) is 4.22. The van der Waals surface area contributed by atoms with Crippen molar-refractivity contribution in [1.82, 2.24) is 10.6 Å². The molecule has 1 heterocycles. The van der Waals surface area contributed by atoms with E-state index in [0.717, 1.165) is 29.7 Å². The highest BCUT2D eigenvalue weighted by atomic mass is 32.1. The van der Waals surface area contributed by atoms with Crippen LogP contribution in [-0.2, 0) is 4.79 Å². The summed E-state index contributed by atoms with van der Waals surface area (Å²) in [5.41, 5.74) is 4.28. The summed E-state index contributed by atoms with van der Waals surface area (Å²) in [6, 6.07) is 8.38. The maximum atomic E-state index is 12.3. The number of rotatable bonds is 2. The standard InChI is InChI=1S/C17H20N2OS/c1-10(2)11-6-8-12(9-7-11)16-15-13(18-17(21)19-16)4-3-5-14(15)20/h6-10,16H,3-5H2,1-2H3,(H2,18,19,21)/t16-/m1/s1. The highest BCUT2D eigenvalue weighted by Crippen LogP contribution is 2.33. The Bertz CT molecular complexity index is 616. The second-order valence-corrected chi connectivity index (χ2v) is 6.43.